The third-order valence-electron chi connectivity index (χ3n) is 2.74. The monoisotopic (exact) mass is 177 g/mol. The summed E-state index contributed by atoms with van der Waals surface area (Å²) in [7, 11) is 0. The summed E-state index contributed by atoms with van der Waals surface area (Å²) < 4.78 is 0. The minimum atomic E-state index is -0.533. The molecule has 1 saturated heterocycles. The molecule has 0 aromatic heterocycles. The smallest absolute Gasteiger partial charge is 0.186 e. The summed E-state index contributed by atoms with van der Waals surface area (Å²) in [5.74, 6) is 0.679. The van der Waals surface area contributed by atoms with Gasteiger partial charge in [-0.2, -0.15) is 10.5 Å². The van der Waals surface area contributed by atoms with E-state index < -0.39 is 6.04 Å². The van der Waals surface area contributed by atoms with Crippen LogP contribution in [0.25, 0.3) is 0 Å². The lowest BCUT2D eigenvalue weighted by Gasteiger charge is -2.32. The Labute approximate surface area is 79.6 Å². The standard InChI is InChI=1S/C10H15N3/c1-2-9-4-3-5-13(8-9)10(6-11)7-12/h9-10H,2-5,8H2,1H3. The van der Waals surface area contributed by atoms with Gasteiger partial charge in [-0.05, 0) is 18.8 Å². The van der Waals surface area contributed by atoms with E-state index >= 15 is 0 Å². The molecule has 1 rings (SSSR count). The number of hydrogen-bond acceptors (Lipinski definition) is 3. The van der Waals surface area contributed by atoms with Crippen LogP contribution in [0.15, 0.2) is 0 Å². The Bertz CT molecular complexity index is 222. The third kappa shape index (κ3) is 2.44. The zero-order valence-corrected chi connectivity index (χ0v) is 8.03. The van der Waals surface area contributed by atoms with Gasteiger partial charge < -0.3 is 0 Å². The molecule has 0 amide bonds. The summed E-state index contributed by atoms with van der Waals surface area (Å²) in [5.41, 5.74) is 0. The van der Waals surface area contributed by atoms with E-state index in [2.05, 4.69) is 6.92 Å². The van der Waals surface area contributed by atoms with Crippen molar-refractivity contribution in [1.82, 2.24) is 4.90 Å². The first kappa shape index (κ1) is 10.0. The Kier molecular flexibility index (Phi) is 3.73. The Morgan fingerprint density at radius 1 is 1.46 bits per heavy atom. The molecule has 70 valence electrons. The highest BCUT2D eigenvalue weighted by molar-refractivity contribution is 5.07. The first-order chi connectivity index (χ1) is 6.31. The Hall–Kier alpha value is -1.06. The topological polar surface area (TPSA) is 50.8 Å². The first-order valence-electron chi connectivity index (χ1n) is 4.85. The van der Waals surface area contributed by atoms with Gasteiger partial charge in [0.05, 0.1) is 12.1 Å². The van der Waals surface area contributed by atoms with E-state index in [0.717, 1.165) is 25.9 Å². The Morgan fingerprint density at radius 3 is 2.69 bits per heavy atom. The van der Waals surface area contributed by atoms with Crippen LogP contribution in [0.1, 0.15) is 26.2 Å². The maximum atomic E-state index is 8.72. The minimum absolute atomic E-state index is 0.533. The average molecular weight is 177 g/mol. The van der Waals surface area contributed by atoms with Crippen LogP contribution < -0.4 is 0 Å². The highest BCUT2D eigenvalue weighted by Gasteiger charge is 2.24. The van der Waals surface area contributed by atoms with Crippen LogP contribution in [0.4, 0.5) is 0 Å². The zero-order valence-electron chi connectivity index (χ0n) is 8.03. The van der Waals surface area contributed by atoms with Gasteiger partial charge in [-0.1, -0.05) is 13.3 Å². The van der Waals surface area contributed by atoms with Gasteiger partial charge in [0.25, 0.3) is 0 Å². The second-order valence-electron chi connectivity index (χ2n) is 3.57. The second kappa shape index (κ2) is 4.84. The Morgan fingerprint density at radius 2 is 2.15 bits per heavy atom. The highest BCUT2D eigenvalue weighted by atomic mass is 15.2. The van der Waals surface area contributed by atoms with Gasteiger partial charge >= 0.3 is 0 Å². The van der Waals surface area contributed by atoms with Crippen LogP contribution in [-0.4, -0.2) is 24.0 Å². The maximum absolute atomic E-state index is 8.72. The number of nitrogens with zero attached hydrogens (tertiary/aromatic N) is 3. The normalized spacial score (nSPS) is 23.8. The number of hydrogen-bond donors (Lipinski definition) is 0. The van der Waals surface area contributed by atoms with Gasteiger partial charge in [-0.25, -0.2) is 0 Å². The molecule has 1 aliphatic heterocycles. The van der Waals surface area contributed by atoms with Crippen LogP contribution in [0.5, 0.6) is 0 Å². The average Bonchev–Trinajstić information content (AvgIpc) is 2.20. The molecule has 0 aliphatic carbocycles. The SMILES string of the molecule is CCC1CCCN(C(C#N)C#N)C1. The fourth-order valence-electron chi connectivity index (χ4n) is 1.86. The number of nitriles is 2. The van der Waals surface area contributed by atoms with Crippen molar-refractivity contribution in [3.05, 3.63) is 0 Å². The molecule has 3 nitrogen and oxygen atoms in total. The molecule has 1 aliphatic rings. The molecule has 0 N–H and O–H groups in total. The number of rotatable bonds is 2. The molecular formula is C10H15N3. The van der Waals surface area contributed by atoms with Crippen molar-refractivity contribution >= 4 is 0 Å². The van der Waals surface area contributed by atoms with Crippen LogP contribution in [0, 0.1) is 28.6 Å². The van der Waals surface area contributed by atoms with Crippen molar-refractivity contribution in [2.24, 2.45) is 5.92 Å². The van der Waals surface area contributed by atoms with Crippen LogP contribution in [0.3, 0.4) is 0 Å². The minimum Gasteiger partial charge on any atom is -0.276 e. The molecule has 0 saturated carbocycles. The molecule has 0 bridgehead atoms. The maximum Gasteiger partial charge on any atom is 0.186 e. The van der Waals surface area contributed by atoms with Gasteiger partial charge in [0.2, 0.25) is 0 Å². The van der Waals surface area contributed by atoms with Crippen LogP contribution >= 0.6 is 0 Å². The molecule has 0 spiro atoms. The molecule has 1 atom stereocenters. The van der Waals surface area contributed by atoms with E-state index in [0.29, 0.717) is 5.92 Å². The molecule has 0 aromatic carbocycles. The predicted molar refractivity (Wildman–Crippen MR) is 49.6 cm³/mol. The van der Waals surface area contributed by atoms with Crippen LogP contribution in [-0.2, 0) is 0 Å². The third-order valence-corrected chi connectivity index (χ3v) is 2.74. The van der Waals surface area contributed by atoms with Crippen molar-refractivity contribution in [2.75, 3.05) is 13.1 Å². The van der Waals surface area contributed by atoms with E-state index in [1.807, 2.05) is 17.0 Å². The molecule has 0 radical (unpaired) electrons. The summed E-state index contributed by atoms with van der Waals surface area (Å²) >= 11 is 0. The number of piperidine rings is 1. The second-order valence-corrected chi connectivity index (χ2v) is 3.57. The van der Waals surface area contributed by atoms with Gasteiger partial charge in [0.15, 0.2) is 6.04 Å². The summed E-state index contributed by atoms with van der Waals surface area (Å²) in [6, 6.07) is 3.53. The summed E-state index contributed by atoms with van der Waals surface area (Å²) in [6.07, 6.45) is 3.52. The molecule has 1 unspecified atom stereocenters. The van der Waals surface area contributed by atoms with Gasteiger partial charge in [-0.3, -0.25) is 4.90 Å². The number of likely N-dealkylation sites (tertiary alicyclic amines) is 1. The lowest BCUT2D eigenvalue weighted by atomic mass is 9.95. The van der Waals surface area contributed by atoms with Crippen molar-refractivity contribution < 1.29 is 0 Å². The van der Waals surface area contributed by atoms with Crippen molar-refractivity contribution in [3.63, 3.8) is 0 Å². The molecule has 13 heavy (non-hydrogen) atoms. The lowest BCUT2D eigenvalue weighted by molar-refractivity contribution is 0.166. The molecule has 1 heterocycles. The summed E-state index contributed by atoms with van der Waals surface area (Å²) in [4.78, 5) is 2.00. The highest BCUT2D eigenvalue weighted by Crippen LogP contribution is 2.20. The fourth-order valence-corrected chi connectivity index (χ4v) is 1.86. The molecule has 0 aromatic rings. The van der Waals surface area contributed by atoms with Crippen molar-refractivity contribution in [1.29, 1.82) is 10.5 Å². The van der Waals surface area contributed by atoms with Crippen molar-refractivity contribution in [2.45, 2.75) is 32.2 Å². The summed E-state index contributed by atoms with van der Waals surface area (Å²) in [5, 5.41) is 17.4. The lowest BCUT2D eigenvalue weighted by Crippen LogP contribution is -2.41. The first-order valence-corrected chi connectivity index (χ1v) is 4.85. The van der Waals surface area contributed by atoms with E-state index in [1.54, 1.807) is 0 Å². The summed E-state index contributed by atoms with van der Waals surface area (Å²) in [6.45, 7) is 3.99. The van der Waals surface area contributed by atoms with E-state index in [-0.39, 0.29) is 0 Å². The quantitative estimate of drug-likeness (QED) is 0.642. The molecular weight excluding hydrogens is 162 g/mol. The molecule has 3 heteroatoms. The zero-order chi connectivity index (χ0) is 9.68. The van der Waals surface area contributed by atoms with Gasteiger partial charge in [0.1, 0.15) is 0 Å². The largest absolute Gasteiger partial charge is 0.276 e. The van der Waals surface area contributed by atoms with Crippen LogP contribution in [0.2, 0.25) is 0 Å². The Balaban J connectivity index is 2.52. The molecule has 1 fully saturated rings. The van der Waals surface area contributed by atoms with Gasteiger partial charge in [-0.15, -0.1) is 0 Å². The van der Waals surface area contributed by atoms with E-state index in [9.17, 15) is 0 Å². The van der Waals surface area contributed by atoms with E-state index in [1.165, 1.54) is 6.42 Å². The van der Waals surface area contributed by atoms with E-state index in [4.69, 9.17) is 10.5 Å². The van der Waals surface area contributed by atoms with Crippen molar-refractivity contribution in [3.8, 4) is 12.1 Å². The fraction of sp³-hybridized carbons (Fsp3) is 0.800. The van der Waals surface area contributed by atoms with Gasteiger partial charge in [0, 0.05) is 13.1 Å². The predicted octanol–water partition coefficient (Wildman–Crippen LogP) is 1.52.